The van der Waals surface area contributed by atoms with Crippen molar-refractivity contribution < 1.29 is 9.53 Å². The number of rotatable bonds is 9. The maximum atomic E-state index is 12.3. The summed E-state index contributed by atoms with van der Waals surface area (Å²) in [5.74, 6) is 1.24. The van der Waals surface area contributed by atoms with E-state index in [9.17, 15) is 4.79 Å². The zero-order valence-corrected chi connectivity index (χ0v) is 15.0. The Kier molecular flexibility index (Phi) is 7.10. The van der Waals surface area contributed by atoms with Gasteiger partial charge in [0.15, 0.2) is 6.10 Å². The summed E-state index contributed by atoms with van der Waals surface area (Å²) in [7, 11) is 0. The lowest BCUT2D eigenvalue weighted by Crippen LogP contribution is -2.38. The summed E-state index contributed by atoms with van der Waals surface area (Å²) >= 11 is 0. The molecule has 0 radical (unpaired) electrons. The Morgan fingerprint density at radius 3 is 2.58 bits per heavy atom. The van der Waals surface area contributed by atoms with Crippen LogP contribution in [0.3, 0.4) is 0 Å². The first-order chi connectivity index (χ1) is 11.6. The van der Waals surface area contributed by atoms with Gasteiger partial charge in [-0.3, -0.25) is 4.79 Å². The predicted octanol–water partition coefficient (Wildman–Crippen LogP) is 4.94. The summed E-state index contributed by atoms with van der Waals surface area (Å²) < 4.78 is 5.82. The van der Waals surface area contributed by atoms with Crippen LogP contribution in [-0.4, -0.2) is 18.6 Å². The van der Waals surface area contributed by atoms with Crippen molar-refractivity contribution in [2.75, 3.05) is 6.54 Å². The second kappa shape index (κ2) is 9.31. The van der Waals surface area contributed by atoms with Crippen LogP contribution in [0.5, 0.6) is 5.75 Å². The van der Waals surface area contributed by atoms with E-state index in [1.54, 1.807) is 6.92 Å². The third kappa shape index (κ3) is 5.26. The largest absolute Gasteiger partial charge is 0.481 e. The van der Waals surface area contributed by atoms with Gasteiger partial charge in [0.05, 0.1) is 0 Å². The van der Waals surface area contributed by atoms with Crippen LogP contribution in [-0.2, 0) is 4.79 Å². The highest BCUT2D eigenvalue weighted by Gasteiger charge is 2.16. The molecule has 1 amide bonds. The number of nitrogens with one attached hydrogen (secondary N) is 1. The first-order valence-corrected chi connectivity index (χ1v) is 9.07. The van der Waals surface area contributed by atoms with Gasteiger partial charge in [-0.25, -0.2) is 0 Å². The molecular formula is C21H29NO2. The molecule has 0 fully saturated rings. The lowest BCUT2D eigenvalue weighted by molar-refractivity contribution is -0.127. The molecule has 130 valence electrons. The lowest BCUT2D eigenvalue weighted by Gasteiger charge is -2.18. The van der Waals surface area contributed by atoms with Crippen LogP contribution in [0.1, 0.15) is 46.5 Å². The van der Waals surface area contributed by atoms with E-state index in [2.05, 4.69) is 25.2 Å². The molecule has 24 heavy (non-hydrogen) atoms. The molecule has 3 heteroatoms. The molecule has 3 nitrogen and oxygen atoms in total. The molecular weight excluding hydrogens is 298 g/mol. The van der Waals surface area contributed by atoms with Crippen molar-refractivity contribution in [3.63, 3.8) is 0 Å². The van der Waals surface area contributed by atoms with Crippen LogP contribution in [0, 0.1) is 5.92 Å². The third-order valence-corrected chi connectivity index (χ3v) is 4.51. The van der Waals surface area contributed by atoms with Gasteiger partial charge in [-0.2, -0.15) is 0 Å². The minimum absolute atomic E-state index is 0.0434. The summed E-state index contributed by atoms with van der Waals surface area (Å²) in [6.07, 6.45) is 4.20. The molecule has 0 aliphatic heterocycles. The highest BCUT2D eigenvalue weighted by molar-refractivity contribution is 5.84. The van der Waals surface area contributed by atoms with Crippen LogP contribution in [0.2, 0.25) is 0 Å². The third-order valence-electron chi connectivity index (χ3n) is 4.51. The number of ether oxygens (including phenoxy) is 1. The van der Waals surface area contributed by atoms with Gasteiger partial charge in [0.2, 0.25) is 0 Å². The number of hydrogen-bond donors (Lipinski definition) is 1. The molecule has 0 aliphatic rings. The second-order valence-electron chi connectivity index (χ2n) is 6.43. The van der Waals surface area contributed by atoms with Gasteiger partial charge in [0.25, 0.3) is 5.91 Å². The molecule has 0 aliphatic carbocycles. The van der Waals surface area contributed by atoms with Crippen LogP contribution < -0.4 is 10.1 Å². The van der Waals surface area contributed by atoms with Crippen LogP contribution in [0.4, 0.5) is 0 Å². The summed E-state index contributed by atoms with van der Waals surface area (Å²) in [4.78, 5) is 12.3. The molecule has 0 saturated carbocycles. The van der Waals surface area contributed by atoms with Crippen LogP contribution in [0.25, 0.3) is 10.8 Å². The monoisotopic (exact) mass is 327 g/mol. The van der Waals surface area contributed by atoms with E-state index in [1.165, 1.54) is 24.6 Å². The SMILES string of the molecule is CCCCC(CC)CNC(=O)C(C)Oc1ccc2ccccc2c1. The van der Waals surface area contributed by atoms with E-state index in [0.717, 1.165) is 24.1 Å². The number of hydrogen-bond acceptors (Lipinski definition) is 2. The van der Waals surface area contributed by atoms with Gasteiger partial charge in [-0.05, 0) is 42.2 Å². The van der Waals surface area contributed by atoms with Crippen molar-refractivity contribution in [2.24, 2.45) is 5.92 Å². The maximum Gasteiger partial charge on any atom is 0.260 e. The Hall–Kier alpha value is -2.03. The minimum Gasteiger partial charge on any atom is -0.481 e. The fraction of sp³-hybridized carbons (Fsp3) is 0.476. The number of unbranched alkanes of at least 4 members (excludes halogenated alkanes) is 1. The van der Waals surface area contributed by atoms with E-state index in [1.807, 2.05) is 36.4 Å². The molecule has 0 spiro atoms. The summed E-state index contributed by atoms with van der Waals surface area (Å²) in [5.41, 5.74) is 0. The number of fused-ring (bicyclic) bond motifs is 1. The molecule has 2 rings (SSSR count). The van der Waals surface area contributed by atoms with Crippen molar-refractivity contribution in [1.29, 1.82) is 0 Å². The molecule has 0 saturated heterocycles. The Bertz CT molecular complexity index is 653. The summed E-state index contributed by atoms with van der Waals surface area (Å²) in [5, 5.41) is 5.32. The first kappa shape index (κ1) is 18.3. The second-order valence-corrected chi connectivity index (χ2v) is 6.43. The Balaban J connectivity index is 1.88. The van der Waals surface area contributed by atoms with Crippen molar-refractivity contribution in [2.45, 2.75) is 52.6 Å². The van der Waals surface area contributed by atoms with Crippen molar-refractivity contribution >= 4 is 16.7 Å². The minimum atomic E-state index is -0.491. The highest BCUT2D eigenvalue weighted by Crippen LogP contribution is 2.21. The highest BCUT2D eigenvalue weighted by atomic mass is 16.5. The normalized spacial score (nSPS) is 13.5. The molecule has 0 aromatic heterocycles. The van der Waals surface area contributed by atoms with Crippen molar-refractivity contribution in [3.05, 3.63) is 42.5 Å². The standard InChI is InChI=1S/C21H29NO2/c1-4-6-9-17(5-2)15-22-21(23)16(3)24-20-13-12-18-10-7-8-11-19(18)14-20/h7-8,10-14,16-17H,4-6,9,15H2,1-3H3,(H,22,23). The average Bonchev–Trinajstić information content (AvgIpc) is 2.61. The molecule has 2 unspecified atom stereocenters. The number of benzene rings is 2. The predicted molar refractivity (Wildman–Crippen MR) is 100 cm³/mol. The Morgan fingerprint density at radius 1 is 1.12 bits per heavy atom. The molecule has 2 aromatic rings. The van der Waals surface area contributed by atoms with Gasteiger partial charge in [0.1, 0.15) is 5.75 Å². The Labute approximate surface area is 145 Å². The van der Waals surface area contributed by atoms with Crippen LogP contribution in [0.15, 0.2) is 42.5 Å². The zero-order chi connectivity index (χ0) is 17.4. The molecule has 0 bridgehead atoms. The van der Waals surface area contributed by atoms with Gasteiger partial charge >= 0.3 is 0 Å². The quantitative estimate of drug-likeness (QED) is 0.708. The summed E-state index contributed by atoms with van der Waals surface area (Å²) in [6.45, 7) is 6.92. The van der Waals surface area contributed by atoms with E-state index < -0.39 is 6.10 Å². The fourth-order valence-corrected chi connectivity index (χ4v) is 2.83. The smallest absolute Gasteiger partial charge is 0.260 e. The average molecular weight is 327 g/mol. The number of carbonyl (C=O) groups is 1. The van der Waals surface area contributed by atoms with Gasteiger partial charge < -0.3 is 10.1 Å². The molecule has 1 N–H and O–H groups in total. The number of amides is 1. The van der Waals surface area contributed by atoms with E-state index >= 15 is 0 Å². The van der Waals surface area contributed by atoms with Crippen molar-refractivity contribution in [1.82, 2.24) is 5.32 Å². The van der Waals surface area contributed by atoms with E-state index in [-0.39, 0.29) is 5.91 Å². The molecule has 0 heterocycles. The topological polar surface area (TPSA) is 38.3 Å². The molecule has 2 aromatic carbocycles. The van der Waals surface area contributed by atoms with Gasteiger partial charge in [-0.15, -0.1) is 0 Å². The first-order valence-electron chi connectivity index (χ1n) is 9.07. The fourth-order valence-electron chi connectivity index (χ4n) is 2.83. The van der Waals surface area contributed by atoms with E-state index in [4.69, 9.17) is 4.74 Å². The lowest BCUT2D eigenvalue weighted by atomic mass is 9.99. The zero-order valence-electron chi connectivity index (χ0n) is 15.0. The summed E-state index contributed by atoms with van der Waals surface area (Å²) in [6, 6.07) is 14.1. The van der Waals surface area contributed by atoms with E-state index in [0.29, 0.717) is 5.92 Å². The van der Waals surface area contributed by atoms with Gasteiger partial charge in [0, 0.05) is 6.54 Å². The van der Waals surface area contributed by atoms with Crippen LogP contribution >= 0.6 is 0 Å². The number of carbonyl (C=O) groups excluding carboxylic acids is 1. The van der Waals surface area contributed by atoms with Gasteiger partial charge in [-0.1, -0.05) is 63.4 Å². The van der Waals surface area contributed by atoms with Crippen molar-refractivity contribution in [3.8, 4) is 5.75 Å². The maximum absolute atomic E-state index is 12.3. The Morgan fingerprint density at radius 2 is 1.88 bits per heavy atom. The molecule has 2 atom stereocenters.